The van der Waals surface area contributed by atoms with Crippen molar-refractivity contribution in [3.8, 4) is 5.75 Å². The second kappa shape index (κ2) is 16.7. The van der Waals surface area contributed by atoms with Crippen molar-refractivity contribution in [2.45, 2.75) is 85.1 Å². The van der Waals surface area contributed by atoms with Gasteiger partial charge in [-0.25, -0.2) is 0 Å². The number of nitrogens with one attached hydrogen (secondary N) is 1. The molecule has 5 heteroatoms. The number of nitrogens with zero attached hydrogens (tertiary/aromatic N) is 3. The van der Waals surface area contributed by atoms with E-state index in [1.807, 2.05) is 12.3 Å². The molecule has 2 aromatic rings. The average Bonchev–Trinajstić information content (AvgIpc) is 2.86. The van der Waals surface area contributed by atoms with E-state index in [9.17, 15) is 0 Å². The fourth-order valence-electron chi connectivity index (χ4n) is 4.49. The smallest absolute Gasteiger partial charge is 0.119 e. The Kier molecular flexibility index (Phi) is 14.0. The van der Waals surface area contributed by atoms with Gasteiger partial charge in [-0.05, 0) is 76.1 Å². The molecule has 0 radical (unpaired) electrons. The molecular weight excluding hydrogens is 420 g/mol. The normalized spacial score (nSPS) is 11.8. The minimum atomic E-state index is 0.360. The van der Waals surface area contributed by atoms with Crippen LogP contribution in [-0.4, -0.2) is 67.2 Å². The Morgan fingerprint density at radius 1 is 0.794 bits per heavy atom. The zero-order valence-electron chi connectivity index (χ0n) is 22.6. The first-order chi connectivity index (χ1) is 16.6. The van der Waals surface area contributed by atoms with Gasteiger partial charge in [0.25, 0.3) is 0 Å². The van der Waals surface area contributed by atoms with Crippen molar-refractivity contribution in [3.63, 3.8) is 0 Å². The summed E-state index contributed by atoms with van der Waals surface area (Å²) in [7, 11) is 1.73. The molecule has 1 heterocycles. The Balaban J connectivity index is 2.29. The van der Waals surface area contributed by atoms with Crippen LogP contribution >= 0.6 is 0 Å². The van der Waals surface area contributed by atoms with Crippen molar-refractivity contribution >= 4 is 16.6 Å². The lowest BCUT2D eigenvalue weighted by atomic mass is 10.1. The standard InChI is InChI=1S/C29H50N4O/c1-6-10-18-32(19-11-7-2)23-25(24-33(20-12-8-3)21-13-9-4)31-29-16-17-30-28-15-14-26(34-5)22-27(28)29/h14-17,22,25H,6-13,18-21,23-24H2,1-5H3,(H,30,31). The third kappa shape index (κ3) is 9.79. The molecule has 0 spiro atoms. The number of unbranched alkanes of at least 4 members (excludes halogenated alkanes) is 4. The number of benzene rings is 1. The second-order valence-electron chi connectivity index (χ2n) is 9.60. The number of aromatic nitrogens is 1. The summed E-state index contributed by atoms with van der Waals surface area (Å²) in [6.45, 7) is 16.1. The highest BCUT2D eigenvalue weighted by Crippen LogP contribution is 2.26. The maximum Gasteiger partial charge on any atom is 0.119 e. The molecule has 0 saturated carbocycles. The molecule has 1 aromatic carbocycles. The molecule has 0 amide bonds. The lowest BCUT2D eigenvalue weighted by molar-refractivity contribution is 0.207. The van der Waals surface area contributed by atoms with Crippen LogP contribution in [0.1, 0.15) is 79.1 Å². The number of methoxy groups -OCH3 is 1. The van der Waals surface area contributed by atoms with E-state index in [0.29, 0.717) is 6.04 Å². The van der Waals surface area contributed by atoms with Gasteiger partial charge in [0, 0.05) is 30.4 Å². The molecule has 1 N–H and O–H groups in total. The van der Waals surface area contributed by atoms with Crippen molar-refractivity contribution in [1.82, 2.24) is 14.8 Å². The third-order valence-corrected chi connectivity index (χ3v) is 6.58. The Bertz CT molecular complexity index is 759. The zero-order valence-corrected chi connectivity index (χ0v) is 22.6. The summed E-state index contributed by atoms with van der Waals surface area (Å²) in [6, 6.07) is 8.64. The van der Waals surface area contributed by atoms with Gasteiger partial charge in [0.05, 0.1) is 18.7 Å². The first-order valence-electron chi connectivity index (χ1n) is 13.8. The number of rotatable bonds is 19. The van der Waals surface area contributed by atoms with Crippen LogP contribution in [0.5, 0.6) is 5.75 Å². The molecule has 34 heavy (non-hydrogen) atoms. The summed E-state index contributed by atoms with van der Waals surface area (Å²) < 4.78 is 5.52. The van der Waals surface area contributed by atoms with Crippen LogP contribution in [0.4, 0.5) is 5.69 Å². The second-order valence-corrected chi connectivity index (χ2v) is 9.60. The summed E-state index contributed by atoms with van der Waals surface area (Å²) in [4.78, 5) is 9.97. The molecule has 5 nitrogen and oxygen atoms in total. The summed E-state index contributed by atoms with van der Waals surface area (Å²) in [5, 5.41) is 5.09. The molecule has 0 fully saturated rings. The average molecular weight is 471 g/mol. The summed E-state index contributed by atoms with van der Waals surface area (Å²) in [6.07, 6.45) is 12.0. The highest BCUT2D eigenvalue weighted by molar-refractivity contribution is 5.92. The third-order valence-electron chi connectivity index (χ3n) is 6.58. The lowest BCUT2D eigenvalue weighted by Crippen LogP contribution is -2.45. The van der Waals surface area contributed by atoms with Crippen LogP contribution in [0.25, 0.3) is 10.9 Å². The SMILES string of the molecule is CCCCN(CCCC)CC(CN(CCCC)CCCC)Nc1ccnc2ccc(OC)cc12. The van der Waals surface area contributed by atoms with Crippen LogP contribution in [0, 0.1) is 0 Å². The van der Waals surface area contributed by atoms with Gasteiger partial charge in [-0.1, -0.05) is 53.4 Å². The van der Waals surface area contributed by atoms with Gasteiger partial charge in [-0.3, -0.25) is 4.98 Å². The molecule has 0 aliphatic heterocycles. The number of ether oxygens (including phenoxy) is 1. The molecule has 0 saturated heterocycles. The number of fused-ring (bicyclic) bond motifs is 1. The minimum Gasteiger partial charge on any atom is -0.497 e. The van der Waals surface area contributed by atoms with Crippen molar-refractivity contribution in [2.75, 3.05) is 51.7 Å². The van der Waals surface area contributed by atoms with E-state index in [4.69, 9.17) is 4.74 Å². The zero-order chi connectivity index (χ0) is 24.6. The van der Waals surface area contributed by atoms with E-state index in [-0.39, 0.29) is 0 Å². The highest BCUT2D eigenvalue weighted by Gasteiger charge is 2.19. The van der Waals surface area contributed by atoms with Crippen LogP contribution in [0.2, 0.25) is 0 Å². The fourth-order valence-corrected chi connectivity index (χ4v) is 4.49. The monoisotopic (exact) mass is 470 g/mol. The van der Waals surface area contributed by atoms with Crippen LogP contribution in [-0.2, 0) is 0 Å². The van der Waals surface area contributed by atoms with Crippen molar-refractivity contribution in [3.05, 3.63) is 30.5 Å². The Morgan fingerprint density at radius 3 is 1.79 bits per heavy atom. The Labute approximate surface area is 209 Å². The number of hydrogen-bond donors (Lipinski definition) is 1. The molecule has 192 valence electrons. The van der Waals surface area contributed by atoms with Crippen molar-refractivity contribution in [2.24, 2.45) is 0 Å². The largest absolute Gasteiger partial charge is 0.497 e. The predicted octanol–water partition coefficient (Wildman–Crippen LogP) is 6.83. The molecule has 1 aromatic heterocycles. The van der Waals surface area contributed by atoms with Gasteiger partial charge < -0.3 is 19.9 Å². The van der Waals surface area contributed by atoms with E-state index in [0.717, 1.165) is 35.4 Å². The molecule has 0 aliphatic carbocycles. The first kappa shape index (κ1) is 28.4. The molecular formula is C29H50N4O. The first-order valence-corrected chi connectivity index (χ1v) is 13.8. The van der Waals surface area contributed by atoms with E-state index in [2.05, 4.69) is 66.0 Å². The molecule has 0 bridgehead atoms. The van der Waals surface area contributed by atoms with Gasteiger partial charge in [0.2, 0.25) is 0 Å². The summed E-state index contributed by atoms with van der Waals surface area (Å²) >= 11 is 0. The maximum absolute atomic E-state index is 5.52. The van der Waals surface area contributed by atoms with Crippen LogP contribution in [0.15, 0.2) is 30.5 Å². The topological polar surface area (TPSA) is 40.6 Å². The molecule has 0 unspecified atom stereocenters. The van der Waals surface area contributed by atoms with E-state index < -0.39 is 0 Å². The number of hydrogen-bond acceptors (Lipinski definition) is 5. The predicted molar refractivity (Wildman–Crippen MR) is 148 cm³/mol. The fraction of sp³-hybridized carbons (Fsp3) is 0.690. The quantitative estimate of drug-likeness (QED) is 0.244. The summed E-state index contributed by atoms with van der Waals surface area (Å²) in [5.41, 5.74) is 2.16. The van der Waals surface area contributed by atoms with Gasteiger partial charge >= 0.3 is 0 Å². The highest BCUT2D eigenvalue weighted by atomic mass is 16.5. The van der Waals surface area contributed by atoms with E-state index in [1.54, 1.807) is 7.11 Å². The lowest BCUT2D eigenvalue weighted by Gasteiger charge is -2.33. The van der Waals surface area contributed by atoms with E-state index in [1.165, 1.54) is 77.5 Å². The van der Waals surface area contributed by atoms with Crippen molar-refractivity contribution in [1.29, 1.82) is 0 Å². The van der Waals surface area contributed by atoms with Crippen LogP contribution in [0.3, 0.4) is 0 Å². The van der Waals surface area contributed by atoms with Crippen LogP contribution < -0.4 is 10.1 Å². The van der Waals surface area contributed by atoms with Gasteiger partial charge in [-0.2, -0.15) is 0 Å². The molecule has 0 atom stereocenters. The van der Waals surface area contributed by atoms with Gasteiger partial charge in [0.1, 0.15) is 5.75 Å². The maximum atomic E-state index is 5.52. The number of pyridine rings is 1. The number of anilines is 1. The Morgan fingerprint density at radius 2 is 1.32 bits per heavy atom. The minimum absolute atomic E-state index is 0.360. The van der Waals surface area contributed by atoms with E-state index >= 15 is 0 Å². The van der Waals surface area contributed by atoms with Gasteiger partial charge in [0.15, 0.2) is 0 Å². The molecule has 0 aliphatic rings. The molecule has 2 rings (SSSR count). The van der Waals surface area contributed by atoms with Crippen molar-refractivity contribution < 1.29 is 4.74 Å². The summed E-state index contributed by atoms with van der Waals surface area (Å²) in [5.74, 6) is 0.875. The van der Waals surface area contributed by atoms with Gasteiger partial charge in [-0.15, -0.1) is 0 Å². The Hall–Kier alpha value is -1.85.